The number of morpholine rings is 1. The molecule has 116 valence electrons. The van der Waals surface area contributed by atoms with Crippen molar-refractivity contribution in [2.24, 2.45) is 0 Å². The number of hydrogen-bond acceptors (Lipinski definition) is 2. The molecule has 1 fully saturated rings. The van der Waals surface area contributed by atoms with Crippen molar-refractivity contribution < 1.29 is 18.1 Å². The summed E-state index contributed by atoms with van der Waals surface area (Å²) < 4.78 is 47.4. The third-order valence-corrected chi connectivity index (χ3v) is 6.93. The summed E-state index contributed by atoms with van der Waals surface area (Å²) in [6.07, 6.45) is 0. The molecule has 0 amide bonds. The third kappa shape index (κ3) is 2.84. The van der Waals surface area contributed by atoms with Gasteiger partial charge in [-0.2, -0.15) is 0 Å². The average molecular weight is 323 g/mol. The molecule has 6 heteroatoms. The van der Waals surface area contributed by atoms with Crippen molar-refractivity contribution in [1.29, 1.82) is 0 Å². The smallest absolute Gasteiger partial charge is 0.207 e. The molecule has 0 radical (unpaired) electrons. The number of nitrogens with zero attached hydrogens (tertiary/aromatic N) is 1. The summed E-state index contributed by atoms with van der Waals surface area (Å²) in [5, 5.41) is 1.09. The van der Waals surface area contributed by atoms with Crippen molar-refractivity contribution in [3.63, 3.8) is 0 Å². The van der Waals surface area contributed by atoms with Crippen LogP contribution in [0.15, 0.2) is 48.5 Å². The molecule has 1 heterocycles. The molecule has 0 atom stereocenters. The van der Waals surface area contributed by atoms with E-state index < -0.39 is 7.29 Å². The summed E-state index contributed by atoms with van der Waals surface area (Å²) in [7, 11) is -3.12. The van der Waals surface area contributed by atoms with Gasteiger partial charge in [-0.05, 0) is 48.5 Å². The highest BCUT2D eigenvalue weighted by Gasteiger charge is 2.35. The van der Waals surface area contributed by atoms with E-state index in [1.807, 2.05) is 4.67 Å². The predicted octanol–water partition coefficient (Wildman–Crippen LogP) is 2.53. The van der Waals surface area contributed by atoms with Crippen LogP contribution in [0.2, 0.25) is 0 Å². The van der Waals surface area contributed by atoms with Gasteiger partial charge in [0, 0.05) is 23.7 Å². The summed E-state index contributed by atoms with van der Waals surface area (Å²) in [5.74, 6) is -0.757. The molecule has 0 spiro atoms. The standard InChI is InChI=1S/C16H16F2NO2P/c17-13-1-5-15(6-2-13)22(20,19-9-11-21-12-10-19)16-7-3-14(18)4-8-16/h1-8H,9-12H2. The number of halogens is 2. The van der Waals surface area contributed by atoms with Crippen molar-refractivity contribution in [2.45, 2.75) is 0 Å². The highest BCUT2D eigenvalue weighted by molar-refractivity contribution is 7.76. The Hall–Kier alpha value is -1.55. The molecule has 3 rings (SSSR count). The lowest BCUT2D eigenvalue weighted by molar-refractivity contribution is 0.0732. The van der Waals surface area contributed by atoms with Gasteiger partial charge in [-0.15, -0.1) is 0 Å². The van der Waals surface area contributed by atoms with Crippen LogP contribution >= 0.6 is 7.29 Å². The Bertz CT molecular complexity index is 633. The van der Waals surface area contributed by atoms with Gasteiger partial charge in [0.15, 0.2) is 0 Å². The van der Waals surface area contributed by atoms with Gasteiger partial charge in [-0.1, -0.05) is 0 Å². The topological polar surface area (TPSA) is 29.5 Å². The molecule has 0 bridgehead atoms. The fourth-order valence-electron chi connectivity index (χ4n) is 2.60. The van der Waals surface area contributed by atoms with Gasteiger partial charge in [0.2, 0.25) is 7.29 Å². The van der Waals surface area contributed by atoms with Crippen molar-refractivity contribution in [3.05, 3.63) is 60.2 Å². The zero-order chi connectivity index (χ0) is 15.6. The first-order valence-corrected chi connectivity index (χ1v) is 8.72. The number of ether oxygens (including phenoxy) is 1. The summed E-state index contributed by atoms with van der Waals surface area (Å²) in [6, 6.07) is 11.3. The molecule has 1 saturated heterocycles. The average Bonchev–Trinajstić information content (AvgIpc) is 2.56. The second-order valence-electron chi connectivity index (χ2n) is 5.09. The first-order chi connectivity index (χ1) is 10.6. The van der Waals surface area contributed by atoms with Gasteiger partial charge in [-0.3, -0.25) is 4.57 Å². The normalized spacial score (nSPS) is 16.6. The molecule has 0 unspecified atom stereocenters. The van der Waals surface area contributed by atoms with Gasteiger partial charge in [0.25, 0.3) is 0 Å². The summed E-state index contributed by atoms with van der Waals surface area (Å²) in [5.41, 5.74) is 0. The summed E-state index contributed by atoms with van der Waals surface area (Å²) >= 11 is 0. The largest absolute Gasteiger partial charge is 0.379 e. The lowest BCUT2D eigenvalue weighted by Crippen LogP contribution is -2.40. The Morgan fingerprint density at radius 3 is 1.64 bits per heavy atom. The molecule has 2 aromatic rings. The van der Waals surface area contributed by atoms with Crippen LogP contribution in [-0.2, 0) is 9.30 Å². The Balaban J connectivity index is 2.10. The maximum absolute atomic E-state index is 13.8. The molecular weight excluding hydrogens is 307 g/mol. The first-order valence-electron chi connectivity index (χ1n) is 7.06. The van der Waals surface area contributed by atoms with Crippen molar-refractivity contribution in [2.75, 3.05) is 26.3 Å². The molecule has 0 saturated carbocycles. The quantitative estimate of drug-likeness (QED) is 0.813. The zero-order valence-corrected chi connectivity index (χ0v) is 12.8. The molecule has 3 nitrogen and oxygen atoms in total. The Kier molecular flexibility index (Phi) is 4.39. The second-order valence-corrected chi connectivity index (χ2v) is 7.85. The van der Waals surface area contributed by atoms with Gasteiger partial charge in [0.1, 0.15) is 11.6 Å². The molecule has 22 heavy (non-hydrogen) atoms. The van der Waals surface area contributed by atoms with Crippen LogP contribution in [0.5, 0.6) is 0 Å². The van der Waals surface area contributed by atoms with Crippen molar-refractivity contribution >= 4 is 17.9 Å². The van der Waals surface area contributed by atoms with E-state index in [9.17, 15) is 13.3 Å². The minimum atomic E-state index is -3.12. The molecule has 1 aliphatic heterocycles. The van der Waals surface area contributed by atoms with Gasteiger partial charge < -0.3 is 4.74 Å². The molecule has 2 aromatic carbocycles. The van der Waals surface area contributed by atoms with E-state index in [2.05, 4.69) is 0 Å². The van der Waals surface area contributed by atoms with E-state index in [-0.39, 0.29) is 11.6 Å². The first kappa shape index (κ1) is 15.3. The number of rotatable bonds is 3. The Labute approximate surface area is 127 Å². The van der Waals surface area contributed by atoms with Crippen LogP contribution in [-0.4, -0.2) is 31.0 Å². The van der Waals surface area contributed by atoms with Gasteiger partial charge in [0.05, 0.1) is 13.2 Å². The minimum absolute atomic E-state index is 0.378. The van der Waals surface area contributed by atoms with Gasteiger partial charge >= 0.3 is 0 Å². The van der Waals surface area contributed by atoms with E-state index >= 15 is 0 Å². The lowest BCUT2D eigenvalue weighted by Gasteiger charge is -2.35. The van der Waals surface area contributed by atoms with Crippen LogP contribution in [0, 0.1) is 11.6 Å². The fourth-order valence-corrected chi connectivity index (χ4v) is 5.38. The molecule has 1 aliphatic rings. The monoisotopic (exact) mass is 323 g/mol. The summed E-state index contributed by atoms with van der Waals surface area (Å²) in [6.45, 7) is 2.02. The SMILES string of the molecule is O=P(c1ccc(F)cc1)(c1ccc(F)cc1)N1CCOCC1. The van der Waals surface area contributed by atoms with E-state index in [0.717, 1.165) is 0 Å². The van der Waals surface area contributed by atoms with E-state index in [1.54, 1.807) is 0 Å². The predicted molar refractivity (Wildman–Crippen MR) is 82.1 cm³/mol. The van der Waals surface area contributed by atoms with Crippen LogP contribution in [0.4, 0.5) is 8.78 Å². The van der Waals surface area contributed by atoms with Crippen LogP contribution < -0.4 is 10.6 Å². The number of benzene rings is 2. The van der Waals surface area contributed by atoms with Crippen molar-refractivity contribution in [1.82, 2.24) is 4.67 Å². The van der Waals surface area contributed by atoms with Crippen LogP contribution in [0.25, 0.3) is 0 Å². The van der Waals surface area contributed by atoms with Crippen LogP contribution in [0.3, 0.4) is 0 Å². The van der Waals surface area contributed by atoms with Gasteiger partial charge in [-0.25, -0.2) is 13.5 Å². The summed E-state index contributed by atoms with van der Waals surface area (Å²) in [4.78, 5) is 0. The molecular formula is C16H16F2NO2P. The molecule has 0 N–H and O–H groups in total. The highest BCUT2D eigenvalue weighted by atomic mass is 31.2. The van der Waals surface area contributed by atoms with Crippen LogP contribution in [0.1, 0.15) is 0 Å². The van der Waals surface area contributed by atoms with E-state index in [1.165, 1.54) is 48.5 Å². The maximum atomic E-state index is 13.8. The Morgan fingerprint density at radius 2 is 1.23 bits per heavy atom. The number of hydrogen-bond donors (Lipinski definition) is 0. The van der Waals surface area contributed by atoms with Crippen molar-refractivity contribution in [3.8, 4) is 0 Å². The molecule has 0 aromatic heterocycles. The minimum Gasteiger partial charge on any atom is -0.379 e. The second kappa shape index (κ2) is 6.29. The highest BCUT2D eigenvalue weighted by Crippen LogP contribution is 2.47. The Morgan fingerprint density at radius 1 is 0.818 bits per heavy atom. The fraction of sp³-hybridized carbons (Fsp3) is 0.250. The zero-order valence-electron chi connectivity index (χ0n) is 11.9. The maximum Gasteiger partial charge on any atom is 0.207 e. The lowest BCUT2D eigenvalue weighted by atomic mass is 10.3. The van der Waals surface area contributed by atoms with E-state index in [4.69, 9.17) is 4.74 Å². The van der Waals surface area contributed by atoms with E-state index in [0.29, 0.717) is 36.9 Å². The third-order valence-electron chi connectivity index (χ3n) is 3.74. The molecule has 0 aliphatic carbocycles.